The van der Waals surface area contributed by atoms with Crippen LogP contribution < -0.4 is 16.0 Å². The zero-order valence-electron chi connectivity index (χ0n) is 22.2. The molecule has 0 aromatic rings. The lowest BCUT2D eigenvalue weighted by molar-refractivity contribution is -0.145. The Bertz CT molecular complexity index is 776. The Morgan fingerprint density at radius 2 is 1.66 bits per heavy atom. The molecule has 1 saturated heterocycles. The second-order valence-corrected chi connectivity index (χ2v) is 10.5. The van der Waals surface area contributed by atoms with Crippen molar-refractivity contribution in [3.63, 3.8) is 0 Å². The maximum Gasteiger partial charge on any atom is 0.408 e. The van der Waals surface area contributed by atoms with Crippen LogP contribution in [0.1, 0.15) is 67.7 Å². The molecule has 3 N–H and O–H groups in total. The highest BCUT2D eigenvalue weighted by Gasteiger charge is 2.39. The molecule has 4 amide bonds. The molecule has 1 aliphatic heterocycles. The van der Waals surface area contributed by atoms with E-state index in [1.165, 1.54) is 12.0 Å². The highest BCUT2D eigenvalue weighted by Crippen LogP contribution is 2.21. The molecule has 1 fully saturated rings. The summed E-state index contributed by atoms with van der Waals surface area (Å²) in [6.07, 6.45) is 0.752. The highest BCUT2D eigenvalue weighted by atomic mass is 16.6. The third-order valence-corrected chi connectivity index (χ3v) is 5.39. The predicted octanol–water partition coefficient (Wildman–Crippen LogP) is 1.35. The van der Waals surface area contributed by atoms with Gasteiger partial charge >= 0.3 is 12.1 Å². The number of carbonyl (C=O) groups is 5. The summed E-state index contributed by atoms with van der Waals surface area (Å²) in [5.74, 6) is -2.02. The maximum absolute atomic E-state index is 13.2. The molecule has 0 radical (unpaired) electrons. The van der Waals surface area contributed by atoms with Gasteiger partial charge in [-0.1, -0.05) is 27.7 Å². The Kier molecular flexibility index (Phi) is 11.5. The van der Waals surface area contributed by atoms with E-state index in [2.05, 4.69) is 16.0 Å². The van der Waals surface area contributed by atoms with E-state index < -0.39 is 47.6 Å². The van der Waals surface area contributed by atoms with Gasteiger partial charge in [-0.05, 0) is 51.9 Å². The molecule has 0 bridgehead atoms. The SMILES string of the molecule is COC(=O)[C@H](CC(C)C)NC(=O)CNC(=O)[C@H]1CCCN1C(=O)[C@@H](NC(=O)OC(C)(C)C)C(C)C. The van der Waals surface area contributed by atoms with Gasteiger partial charge in [0.2, 0.25) is 17.7 Å². The number of carbonyl (C=O) groups excluding carboxylic acids is 5. The average Bonchev–Trinajstić information content (AvgIpc) is 3.22. The van der Waals surface area contributed by atoms with Crippen LogP contribution in [0.5, 0.6) is 0 Å². The molecule has 1 rings (SSSR count). The van der Waals surface area contributed by atoms with E-state index in [1.54, 1.807) is 34.6 Å². The number of hydrogen-bond acceptors (Lipinski definition) is 7. The fourth-order valence-electron chi connectivity index (χ4n) is 3.79. The van der Waals surface area contributed by atoms with Gasteiger partial charge in [0.1, 0.15) is 23.7 Å². The molecule has 35 heavy (non-hydrogen) atoms. The van der Waals surface area contributed by atoms with E-state index in [0.29, 0.717) is 25.8 Å². The first-order valence-corrected chi connectivity index (χ1v) is 12.1. The minimum atomic E-state index is -0.863. The number of rotatable bonds is 10. The lowest BCUT2D eigenvalue weighted by Crippen LogP contribution is -2.56. The van der Waals surface area contributed by atoms with Gasteiger partial charge in [-0.2, -0.15) is 0 Å². The molecular weight excluding hydrogens is 456 g/mol. The summed E-state index contributed by atoms with van der Waals surface area (Å²) in [6.45, 7) is 12.6. The fourth-order valence-corrected chi connectivity index (χ4v) is 3.79. The van der Waals surface area contributed by atoms with Crippen LogP contribution in [-0.2, 0) is 28.7 Å². The van der Waals surface area contributed by atoms with Crippen molar-refractivity contribution >= 4 is 29.8 Å². The van der Waals surface area contributed by atoms with Gasteiger partial charge in [-0.25, -0.2) is 9.59 Å². The standard InChI is InChI=1S/C24H42N4O7/c1-14(2)12-16(22(32)34-8)26-18(29)13-25-20(30)17-10-9-11-28(17)21(31)19(15(3)4)27-23(33)35-24(5,6)7/h14-17,19H,9-13H2,1-8H3,(H,25,30)(H,26,29)(H,27,33)/t16-,17+,19-/m0/s1. The van der Waals surface area contributed by atoms with Crippen molar-refractivity contribution in [2.75, 3.05) is 20.2 Å². The second kappa shape index (κ2) is 13.3. The summed E-state index contributed by atoms with van der Waals surface area (Å²) in [4.78, 5) is 64.0. The lowest BCUT2D eigenvalue weighted by Gasteiger charge is -2.31. The van der Waals surface area contributed by atoms with E-state index in [-0.39, 0.29) is 24.3 Å². The Balaban J connectivity index is 2.77. The summed E-state index contributed by atoms with van der Waals surface area (Å²) in [7, 11) is 1.25. The Hall–Kier alpha value is -2.85. The molecule has 1 heterocycles. The van der Waals surface area contributed by atoms with Crippen molar-refractivity contribution in [1.29, 1.82) is 0 Å². The lowest BCUT2D eigenvalue weighted by atomic mass is 10.0. The Morgan fingerprint density at radius 1 is 1.03 bits per heavy atom. The van der Waals surface area contributed by atoms with Crippen molar-refractivity contribution in [2.24, 2.45) is 11.8 Å². The zero-order valence-corrected chi connectivity index (χ0v) is 22.2. The number of nitrogens with one attached hydrogen (secondary N) is 3. The van der Waals surface area contributed by atoms with E-state index in [9.17, 15) is 24.0 Å². The van der Waals surface area contributed by atoms with Crippen molar-refractivity contribution in [2.45, 2.75) is 91.5 Å². The summed E-state index contributed by atoms with van der Waals surface area (Å²) in [5.41, 5.74) is -0.715. The van der Waals surface area contributed by atoms with Gasteiger partial charge in [0.05, 0.1) is 13.7 Å². The number of esters is 1. The predicted molar refractivity (Wildman–Crippen MR) is 129 cm³/mol. The molecule has 0 spiro atoms. The Labute approximate surface area is 208 Å². The van der Waals surface area contributed by atoms with Gasteiger partial charge < -0.3 is 30.3 Å². The average molecular weight is 499 g/mol. The molecule has 1 aliphatic rings. The topological polar surface area (TPSA) is 143 Å². The minimum Gasteiger partial charge on any atom is -0.467 e. The van der Waals surface area contributed by atoms with Crippen molar-refractivity contribution in [1.82, 2.24) is 20.9 Å². The van der Waals surface area contributed by atoms with E-state index in [0.717, 1.165) is 0 Å². The van der Waals surface area contributed by atoms with Crippen LogP contribution >= 0.6 is 0 Å². The molecule has 0 unspecified atom stereocenters. The van der Waals surface area contributed by atoms with Crippen molar-refractivity contribution < 1.29 is 33.4 Å². The van der Waals surface area contributed by atoms with Crippen LogP contribution in [0.3, 0.4) is 0 Å². The zero-order chi connectivity index (χ0) is 26.9. The summed E-state index contributed by atoms with van der Waals surface area (Å²) < 4.78 is 10.0. The molecule has 200 valence electrons. The molecule has 0 aromatic heterocycles. The summed E-state index contributed by atoms with van der Waals surface area (Å²) >= 11 is 0. The number of amides is 4. The molecule has 11 nitrogen and oxygen atoms in total. The molecule has 0 saturated carbocycles. The molecular formula is C24H42N4O7. The molecule has 11 heteroatoms. The van der Waals surface area contributed by atoms with Crippen LogP contribution in [0.4, 0.5) is 4.79 Å². The third kappa shape index (κ3) is 10.1. The number of ether oxygens (including phenoxy) is 2. The van der Waals surface area contributed by atoms with Crippen LogP contribution in [0.2, 0.25) is 0 Å². The van der Waals surface area contributed by atoms with E-state index in [1.807, 2.05) is 13.8 Å². The number of likely N-dealkylation sites (tertiary alicyclic amines) is 1. The van der Waals surface area contributed by atoms with Crippen LogP contribution in [0, 0.1) is 11.8 Å². The van der Waals surface area contributed by atoms with Gasteiger partial charge in [0, 0.05) is 6.54 Å². The van der Waals surface area contributed by atoms with Crippen molar-refractivity contribution in [3.8, 4) is 0 Å². The van der Waals surface area contributed by atoms with Crippen molar-refractivity contribution in [3.05, 3.63) is 0 Å². The first kappa shape index (κ1) is 30.2. The first-order valence-electron chi connectivity index (χ1n) is 12.1. The number of alkyl carbamates (subject to hydrolysis) is 1. The van der Waals surface area contributed by atoms with Gasteiger partial charge in [0.15, 0.2) is 0 Å². The van der Waals surface area contributed by atoms with E-state index >= 15 is 0 Å². The largest absolute Gasteiger partial charge is 0.467 e. The molecule has 0 aliphatic carbocycles. The fraction of sp³-hybridized carbons (Fsp3) is 0.792. The summed E-state index contributed by atoms with van der Waals surface area (Å²) in [5, 5.41) is 7.76. The number of hydrogen-bond donors (Lipinski definition) is 3. The third-order valence-electron chi connectivity index (χ3n) is 5.39. The minimum absolute atomic E-state index is 0.148. The van der Waals surface area contributed by atoms with Crippen LogP contribution in [0.25, 0.3) is 0 Å². The number of methoxy groups -OCH3 is 1. The quantitative estimate of drug-likeness (QED) is 0.386. The first-order chi connectivity index (χ1) is 16.2. The molecule has 0 aromatic carbocycles. The van der Waals surface area contributed by atoms with Crippen LogP contribution in [-0.4, -0.2) is 78.6 Å². The smallest absolute Gasteiger partial charge is 0.408 e. The van der Waals surface area contributed by atoms with Gasteiger partial charge in [0.25, 0.3) is 0 Å². The summed E-state index contributed by atoms with van der Waals surface area (Å²) in [6, 6.07) is -2.43. The monoisotopic (exact) mass is 498 g/mol. The normalized spacial score (nSPS) is 17.5. The van der Waals surface area contributed by atoms with E-state index in [4.69, 9.17) is 9.47 Å². The van der Waals surface area contributed by atoms with Crippen LogP contribution in [0.15, 0.2) is 0 Å². The molecule has 3 atom stereocenters. The maximum atomic E-state index is 13.2. The number of nitrogens with zero attached hydrogens (tertiary/aromatic N) is 1. The van der Waals surface area contributed by atoms with Gasteiger partial charge in [-0.3, -0.25) is 14.4 Å². The Morgan fingerprint density at radius 3 is 2.17 bits per heavy atom. The van der Waals surface area contributed by atoms with Gasteiger partial charge in [-0.15, -0.1) is 0 Å². The highest BCUT2D eigenvalue weighted by molar-refractivity contribution is 5.94. The second-order valence-electron chi connectivity index (χ2n) is 10.5.